The quantitative estimate of drug-likeness (QED) is 0.860. The molecular weight excluding hydrogens is 287 g/mol. The van der Waals surface area contributed by atoms with Gasteiger partial charge in [0.25, 0.3) is 5.91 Å². The van der Waals surface area contributed by atoms with Crippen LogP contribution in [-0.2, 0) is 0 Å². The Hall–Kier alpha value is -2.21. The molecule has 1 heterocycles. The van der Waals surface area contributed by atoms with Crippen molar-refractivity contribution in [1.29, 1.82) is 0 Å². The number of carbonyl (C=O) groups excluding carboxylic acids is 1. The maximum absolute atomic E-state index is 13.6. The van der Waals surface area contributed by atoms with Gasteiger partial charge in [-0.2, -0.15) is 0 Å². The van der Waals surface area contributed by atoms with Gasteiger partial charge in [0, 0.05) is 12.6 Å². The Morgan fingerprint density at radius 1 is 1.41 bits per heavy atom. The Bertz CT molecular complexity index is 640. The van der Waals surface area contributed by atoms with Crippen molar-refractivity contribution >= 4 is 5.91 Å². The van der Waals surface area contributed by atoms with Gasteiger partial charge in [-0.05, 0) is 24.5 Å². The monoisotopic (exact) mass is 306 g/mol. The summed E-state index contributed by atoms with van der Waals surface area (Å²) in [5, 5.41) is 16.0. The number of nitrogens with zero attached hydrogens (tertiary/aromatic N) is 1. The number of aliphatic hydroxyl groups excluding tert-OH is 1. The summed E-state index contributed by atoms with van der Waals surface area (Å²) in [7, 11) is 0. The SMILES string of the molecule is CC(C)C(O)CCNC(=O)c1cc(-c2ccccc2F)on1. The normalized spacial score (nSPS) is 12.4. The summed E-state index contributed by atoms with van der Waals surface area (Å²) < 4.78 is 18.7. The molecular formula is C16H19FN2O3. The van der Waals surface area contributed by atoms with Gasteiger partial charge in [0.2, 0.25) is 0 Å². The number of hydrogen-bond donors (Lipinski definition) is 2. The van der Waals surface area contributed by atoms with Gasteiger partial charge in [0.05, 0.1) is 11.7 Å². The zero-order valence-electron chi connectivity index (χ0n) is 12.5. The van der Waals surface area contributed by atoms with Crippen LogP contribution in [-0.4, -0.2) is 28.8 Å². The molecule has 0 bridgehead atoms. The van der Waals surface area contributed by atoms with E-state index in [4.69, 9.17) is 4.52 Å². The van der Waals surface area contributed by atoms with Crippen LogP contribution in [0.3, 0.4) is 0 Å². The lowest BCUT2D eigenvalue weighted by Gasteiger charge is -2.13. The minimum atomic E-state index is -0.466. The van der Waals surface area contributed by atoms with E-state index in [9.17, 15) is 14.3 Å². The van der Waals surface area contributed by atoms with Crippen LogP contribution < -0.4 is 5.32 Å². The summed E-state index contributed by atoms with van der Waals surface area (Å²) in [5.41, 5.74) is 0.335. The van der Waals surface area contributed by atoms with Crippen LogP contribution in [0.15, 0.2) is 34.9 Å². The minimum Gasteiger partial charge on any atom is -0.393 e. The highest BCUT2D eigenvalue weighted by atomic mass is 19.1. The van der Waals surface area contributed by atoms with Gasteiger partial charge in [0.1, 0.15) is 5.82 Å². The average molecular weight is 306 g/mol. The molecule has 1 unspecified atom stereocenters. The molecule has 22 heavy (non-hydrogen) atoms. The summed E-state index contributed by atoms with van der Waals surface area (Å²) >= 11 is 0. The molecule has 1 atom stereocenters. The van der Waals surface area contributed by atoms with Crippen molar-refractivity contribution in [2.75, 3.05) is 6.54 Å². The lowest BCUT2D eigenvalue weighted by Crippen LogP contribution is -2.28. The first-order valence-corrected chi connectivity index (χ1v) is 7.17. The Morgan fingerprint density at radius 3 is 2.82 bits per heavy atom. The van der Waals surface area contributed by atoms with E-state index in [1.54, 1.807) is 18.2 Å². The summed E-state index contributed by atoms with van der Waals surface area (Å²) in [6.07, 6.45) is -0.00637. The maximum atomic E-state index is 13.6. The summed E-state index contributed by atoms with van der Waals surface area (Å²) in [5.74, 6) is -0.518. The lowest BCUT2D eigenvalue weighted by molar-refractivity contribution is 0.0912. The van der Waals surface area contributed by atoms with Crippen molar-refractivity contribution in [3.63, 3.8) is 0 Å². The average Bonchev–Trinajstić information content (AvgIpc) is 2.97. The van der Waals surface area contributed by atoms with E-state index in [0.717, 1.165) is 0 Å². The molecule has 0 saturated carbocycles. The van der Waals surface area contributed by atoms with Crippen molar-refractivity contribution in [2.24, 2.45) is 5.92 Å². The van der Waals surface area contributed by atoms with Crippen molar-refractivity contribution in [1.82, 2.24) is 10.5 Å². The molecule has 6 heteroatoms. The number of aromatic nitrogens is 1. The molecule has 2 N–H and O–H groups in total. The predicted molar refractivity (Wildman–Crippen MR) is 79.7 cm³/mol. The predicted octanol–water partition coefficient (Wildman–Crippen LogP) is 2.62. The van der Waals surface area contributed by atoms with Crippen molar-refractivity contribution in [3.05, 3.63) is 41.8 Å². The third-order valence-electron chi connectivity index (χ3n) is 3.38. The van der Waals surface area contributed by atoms with Crippen molar-refractivity contribution < 1.29 is 18.8 Å². The second kappa shape index (κ2) is 7.17. The molecule has 0 spiro atoms. The highest BCUT2D eigenvalue weighted by Crippen LogP contribution is 2.23. The molecule has 0 saturated heterocycles. The van der Waals surface area contributed by atoms with Gasteiger partial charge in [0.15, 0.2) is 11.5 Å². The fraction of sp³-hybridized carbons (Fsp3) is 0.375. The zero-order valence-corrected chi connectivity index (χ0v) is 12.5. The first kappa shape index (κ1) is 16.2. The van der Waals surface area contributed by atoms with Crippen LogP contribution in [0.5, 0.6) is 0 Å². The molecule has 1 aromatic carbocycles. The fourth-order valence-electron chi connectivity index (χ4n) is 1.93. The summed E-state index contributed by atoms with van der Waals surface area (Å²) in [6.45, 7) is 4.15. The molecule has 2 rings (SSSR count). The Kier molecular flexibility index (Phi) is 5.27. The van der Waals surface area contributed by atoms with Crippen molar-refractivity contribution in [3.8, 4) is 11.3 Å². The zero-order chi connectivity index (χ0) is 16.1. The third-order valence-corrected chi connectivity index (χ3v) is 3.38. The number of amides is 1. The highest BCUT2D eigenvalue weighted by Gasteiger charge is 2.16. The van der Waals surface area contributed by atoms with Crippen LogP contribution in [0.25, 0.3) is 11.3 Å². The van der Waals surface area contributed by atoms with Crippen LogP contribution in [0.2, 0.25) is 0 Å². The number of benzene rings is 1. The molecule has 2 aromatic rings. The molecule has 118 valence electrons. The number of halogens is 1. The number of nitrogens with one attached hydrogen (secondary N) is 1. The van der Waals surface area contributed by atoms with Gasteiger partial charge in [-0.15, -0.1) is 0 Å². The molecule has 1 amide bonds. The first-order valence-electron chi connectivity index (χ1n) is 7.17. The largest absolute Gasteiger partial charge is 0.393 e. The summed E-state index contributed by atoms with van der Waals surface area (Å²) in [6, 6.07) is 7.50. The van der Waals surface area contributed by atoms with Crippen LogP contribution in [0, 0.1) is 11.7 Å². The first-order chi connectivity index (χ1) is 10.5. The van der Waals surface area contributed by atoms with Gasteiger partial charge < -0.3 is 14.9 Å². The van der Waals surface area contributed by atoms with E-state index in [1.165, 1.54) is 12.1 Å². The lowest BCUT2D eigenvalue weighted by atomic mass is 10.0. The molecule has 0 aliphatic carbocycles. The smallest absolute Gasteiger partial charge is 0.273 e. The molecule has 0 radical (unpaired) electrons. The number of rotatable bonds is 6. The molecule has 1 aromatic heterocycles. The maximum Gasteiger partial charge on any atom is 0.273 e. The Morgan fingerprint density at radius 2 is 2.14 bits per heavy atom. The number of aliphatic hydroxyl groups is 1. The number of hydrogen-bond acceptors (Lipinski definition) is 4. The van der Waals surface area contributed by atoms with E-state index in [1.807, 2.05) is 13.8 Å². The Balaban J connectivity index is 1.97. The van der Waals surface area contributed by atoms with E-state index in [2.05, 4.69) is 10.5 Å². The van der Waals surface area contributed by atoms with Crippen LogP contribution in [0.4, 0.5) is 4.39 Å². The summed E-state index contributed by atoms with van der Waals surface area (Å²) in [4.78, 5) is 11.9. The topological polar surface area (TPSA) is 75.4 Å². The van der Waals surface area contributed by atoms with E-state index >= 15 is 0 Å². The second-order valence-corrected chi connectivity index (χ2v) is 5.41. The third kappa shape index (κ3) is 3.92. The minimum absolute atomic E-state index is 0.0808. The van der Waals surface area contributed by atoms with E-state index in [0.29, 0.717) is 13.0 Å². The van der Waals surface area contributed by atoms with Gasteiger partial charge >= 0.3 is 0 Å². The fourth-order valence-corrected chi connectivity index (χ4v) is 1.93. The van der Waals surface area contributed by atoms with Gasteiger partial charge in [-0.25, -0.2) is 4.39 Å². The van der Waals surface area contributed by atoms with Crippen LogP contribution >= 0.6 is 0 Å². The molecule has 0 aliphatic heterocycles. The molecule has 0 aliphatic rings. The Labute approximate surface area is 128 Å². The van der Waals surface area contributed by atoms with E-state index in [-0.39, 0.29) is 22.9 Å². The molecule has 5 nitrogen and oxygen atoms in total. The molecule has 0 fully saturated rings. The highest BCUT2D eigenvalue weighted by molar-refractivity contribution is 5.93. The second-order valence-electron chi connectivity index (χ2n) is 5.41. The standard InChI is InChI=1S/C16H19FN2O3/c1-10(2)14(20)7-8-18-16(21)13-9-15(22-19-13)11-5-3-4-6-12(11)17/h3-6,9-10,14,20H,7-8H2,1-2H3,(H,18,21). The van der Waals surface area contributed by atoms with E-state index < -0.39 is 17.8 Å². The van der Waals surface area contributed by atoms with Crippen molar-refractivity contribution in [2.45, 2.75) is 26.4 Å². The number of carbonyl (C=O) groups is 1. The van der Waals surface area contributed by atoms with Gasteiger partial charge in [-0.3, -0.25) is 4.79 Å². The van der Waals surface area contributed by atoms with Crippen LogP contribution in [0.1, 0.15) is 30.8 Å². The van der Waals surface area contributed by atoms with Gasteiger partial charge in [-0.1, -0.05) is 31.1 Å².